The van der Waals surface area contributed by atoms with Crippen molar-refractivity contribution < 1.29 is 9.59 Å². The van der Waals surface area contributed by atoms with Crippen molar-refractivity contribution in [2.24, 2.45) is 34.5 Å². The van der Waals surface area contributed by atoms with Gasteiger partial charge in [-0.15, -0.1) is 10.2 Å². The third-order valence-electron chi connectivity index (χ3n) is 10.3. The summed E-state index contributed by atoms with van der Waals surface area (Å²) in [6.07, 6.45) is 9.93. The molecule has 2 unspecified atom stereocenters. The Labute approximate surface area is 210 Å². The summed E-state index contributed by atoms with van der Waals surface area (Å²) in [6.45, 7) is 4.78. The summed E-state index contributed by atoms with van der Waals surface area (Å²) in [7, 11) is 1.90. The Balaban J connectivity index is 1.18. The van der Waals surface area contributed by atoms with Crippen LogP contribution in [0.15, 0.2) is 10.7 Å². The zero-order valence-corrected chi connectivity index (χ0v) is 22.0. The first kappa shape index (κ1) is 23.0. The summed E-state index contributed by atoms with van der Waals surface area (Å²) in [5.41, 5.74) is 1.24. The average Bonchev–Trinajstić information content (AvgIpc) is 3.45. The maximum atomic E-state index is 13.0. The van der Waals surface area contributed by atoms with Crippen LogP contribution in [0.4, 0.5) is 5.13 Å². The number of carbonyl (C=O) groups is 2. The fraction of sp³-hybridized carbons (Fsp3) is 0.769. The van der Waals surface area contributed by atoms with Crippen molar-refractivity contribution in [3.63, 3.8) is 0 Å². The van der Waals surface area contributed by atoms with E-state index in [0.29, 0.717) is 47.6 Å². The highest BCUT2D eigenvalue weighted by atomic mass is 35.5. The molecule has 1 aromatic heterocycles. The predicted octanol–water partition coefficient (Wildman–Crippen LogP) is 5.92. The van der Waals surface area contributed by atoms with E-state index in [-0.39, 0.29) is 22.6 Å². The molecule has 4 aliphatic carbocycles. The lowest BCUT2D eigenvalue weighted by Gasteiger charge is -2.59. The van der Waals surface area contributed by atoms with Gasteiger partial charge in [-0.05, 0) is 80.5 Å². The van der Waals surface area contributed by atoms with E-state index >= 15 is 0 Å². The number of anilines is 1. The van der Waals surface area contributed by atoms with Gasteiger partial charge in [0.25, 0.3) is 0 Å². The molecule has 2 amide bonds. The van der Waals surface area contributed by atoms with Crippen LogP contribution in [0, 0.1) is 34.5 Å². The molecule has 1 aliphatic heterocycles. The zero-order chi connectivity index (χ0) is 23.8. The third kappa shape index (κ3) is 3.47. The number of halogens is 1. The quantitative estimate of drug-likeness (QED) is 0.554. The molecule has 6 rings (SSSR count). The summed E-state index contributed by atoms with van der Waals surface area (Å²) < 4.78 is 0. The Hall–Kier alpha value is -1.47. The van der Waals surface area contributed by atoms with Gasteiger partial charge in [0.15, 0.2) is 0 Å². The first-order valence-electron chi connectivity index (χ1n) is 13.0. The van der Waals surface area contributed by atoms with E-state index in [1.165, 1.54) is 30.6 Å². The van der Waals surface area contributed by atoms with Gasteiger partial charge in [0.1, 0.15) is 5.01 Å². The van der Waals surface area contributed by atoms with Crippen molar-refractivity contribution in [3.8, 4) is 0 Å². The number of hydrogen-bond donors (Lipinski definition) is 1. The maximum Gasteiger partial charge on any atom is 0.226 e. The molecule has 4 fully saturated rings. The van der Waals surface area contributed by atoms with E-state index in [1.54, 1.807) is 0 Å². The molecule has 1 saturated heterocycles. The Morgan fingerprint density at radius 2 is 1.94 bits per heavy atom. The van der Waals surface area contributed by atoms with Gasteiger partial charge in [0.05, 0.1) is 0 Å². The molecule has 1 aromatic rings. The zero-order valence-electron chi connectivity index (χ0n) is 20.4. The SMILES string of the molecule is CN1C(=O)CC[C@@]2(C)C1=C(Cl)CC1C2CC[C@]2(C)[C@@H](CC(=O)Nc3nnc(C4CC4)s3)CC[C@@H]12. The maximum absolute atomic E-state index is 13.0. The smallest absolute Gasteiger partial charge is 0.226 e. The molecule has 5 aliphatic rings. The molecule has 3 saturated carbocycles. The number of carbonyl (C=O) groups excluding carboxylic acids is 2. The van der Waals surface area contributed by atoms with Crippen molar-refractivity contribution in [3.05, 3.63) is 15.7 Å². The minimum absolute atomic E-state index is 0.0173. The number of likely N-dealkylation sites (tertiary alicyclic amines) is 1. The van der Waals surface area contributed by atoms with Gasteiger partial charge in [-0.2, -0.15) is 0 Å². The van der Waals surface area contributed by atoms with E-state index in [0.717, 1.165) is 47.8 Å². The second kappa shape index (κ2) is 8.02. The van der Waals surface area contributed by atoms with Crippen LogP contribution in [0.3, 0.4) is 0 Å². The number of fused-ring (bicyclic) bond motifs is 5. The average molecular weight is 503 g/mol. The standard InChI is InChI=1S/C26H35ClN4O2S/c1-25-10-8-18-16(13-19(27)22-26(18,2)11-9-21(33)31(22)3)17(25)7-6-15(25)12-20(32)28-24-30-29-23(34-24)14-4-5-14/h14-18H,4-13H2,1-3H3,(H,28,30,32)/t15-,16?,17+,18?,25-,26-/m1/s1. The van der Waals surface area contributed by atoms with E-state index in [4.69, 9.17) is 11.6 Å². The summed E-state index contributed by atoms with van der Waals surface area (Å²) in [5.74, 6) is 2.91. The van der Waals surface area contributed by atoms with Crippen molar-refractivity contribution in [1.29, 1.82) is 0 Å². The molecular weight excluding hydrogens is 468 g/mol. The highest BCUT2D eigenvalue weighted by Gasteiger charge is 2.60. The largest absolute Gasteiger partial charge is 0.318 e. The second-order valence-electron chi connectivity index (χ2n) is 12.0. The van der Waals surface area contributed by atoms with Crippen LogP contribution < -0.4 is 5.32 Å². The molecule has 8 heteroatoms. The first-order chi connectivity index (χ1) is 16.2. The monoisotopic (exact) mass is 502 g/mol. The van der Waals surface area contributed by atoms with Crippen molar-refractivity contribution in [2.75, 3.05) is 12.4 Å². The summed E-state index contributed by atoms with van der Waals surface area (Å²) >= 11 is 8.48. The fourth-order valence-corrected chi connectivity index (χ4v) is 9.75. The van der Waals surface area contributed by atoms with Crippen LogP contribution in [0.1, 0.15) is 89.0 Å². The lowest BCUT2D eigenvalue weighted by molar-refractivity contribution is -0.136. The normalized spacial score (nSPS) is 39.5. The van der Waals surface area contributed by atoms with Crippen molar-refractivity contribution in [1.82, 2.24) is 15.1 Å². The molecule has 2 heterocycles. The molecule has 1 N–H and O–H groups in total. The van der Waals surface area contributed by atoms with Gasteiger partial charge in [-0.25, -0.2) is 0 Å². The van der Waals surface area contributed by atoms with Crippen LogP contribution in [0.25, 0.3) is 0 Å². The number of nitrogens with zero attached hydrogens (tertiary/aromatic N) is 3. The van der Waals surface area contributed by atoms with Gasteiger partial charge in [-0.1, -0.05) is 36.8 Å². The number of piperidine rings is 1. The van der Waals surface area contributed by atoms with Crippen molar-refractivity contribution in [2.45, 2.75) is 84.0 Å². The molecule has 0 radical (unpaired) electrons. The number of allylic oxidation sites excluding steroid dienone is 2. The number of amides is 2. The molecule has 6 nitrogen and oxygen atoms in total. The Bertz CT molecular complexity index is 1070. The summed E-state index contributed by atoms with van der Waals surface area (Å²) in [6, 6.07) is 0. The molecule has 0 spiro atoms. The van der Waals surface area contributed by atoms with Gasteiger partial charge < -0.3 is 10.2 Å². The van der Waals surface area contributed by atoms with E-state index in [9.17, 15) is 9.59 Å². The molecule has 0 aromatic carbocycles. The number of rotatable bonds is 4. The van der Waals surface area contributed by atoms with Gasteiger partial charge in [0.2, 0.25) is 16.9 Å². The Morgan fingerprint density at radius 1 is 1.15 bits per heavy atom. The number of hydrogen-bond acceptors (Lipinski definition) is 5. The molecule has 0 bridgehead atoms. The third-order valence-corrected chi connectivity index (χ3v) is 11.6. The van der Waals surface area contributed by atoms with Gasteiger partial charge >= 0.3 is 0 Å². The minimum Gasteiger partial charge on any atom is -0.318 e. The second-order valence-corrected chi connectivity index (χ2v) is 13.5. The molecule has 34 heavy (non-hydrogen) atoms. The fourth-order valence-electron chi connectivity index (χ4n) is 8.30. The summed E-state index contributed by atoms with van der Waals surface area (Å²) in [4.78, 5) is 27.3. The van der Waals surface area contributed by atoms with Gasteiger partial charge in [-0.3, -0.25) is 9.59 Å². The van der Waals surface area contributed by atoms with Crippen LogP contribution >= 0.6 is 22.9 Å². The highest BCUT2D eigenvalue weighted by molar-refractivity contribution is 7.15. The van der Waals surface area contributed by atoms with E-state index < -0.39 is 0 Å². The summed E-state index contributed by atoms with van der Waals surface area (Å²) in [5, 5.41) is 14.1. The number of nitrogens with one attached hydrogen (secondary N) is 1. The Kier molecular flexibility index (Phi) is 5.42. The van der Waals surface area contributed by atoms with E-state index in [1.807, 2.05) is 11.9 Å². The highest BCUT2D eigenvalue weighted by Crippen LogP contribution is 2.67. The topological polar surface area (TPSA) is 75.2 Å². The Morgan fingerprint density at radius 3 is 2.71 bits per heavy atom. The lowest BCUT2D eigenvalue weighted by Crippen LogP contribution is -2.54. The molecular formula is C26H35ClN4O2S. The number of aromatic nitrogens is 2. The molecule has 184 valence electrons. The van der Waals surface area contributed by atoms with Crippen LogP contribution in [0.5, 0.6) is 0 Å². The molecule has 6 atom stereocenters. The van der Waals surface area contributed by atoms with Crippen LogP contribution in [0.2, 0.25) is 0 Å². The van der Waals surface area contributed by atoms with Crippen LogP contribution in [-0.2, 0) is 9.59 Å². The first-order valence-corrected chi connectivity index (χ1v) is 14.2. The van der Waals surface area contributed by atoms with E-state index in [2.05, 4.69) is 29.4 Å². The predicted molar refractivity (Wildman–Crippen MR) is 133 cm³/mol. The minimum atomic E-state index is -0.0173. The lowest BCUT2D eigenvalue weighted by atomic mass is 9.49. The van der Waals surface area contributed by atoms with Gasteiger partial charge in [0, 0.05) is 42.0 Å². The van der Waals surface area contributed by atoms with Crippen molar-refractivity contribution >= 4 is 39.9 Å². The van der Waals surface area contributed by atoms with Crippen LogP contribution in [-0.4, -0.2) is 34.0 Å².